The summed E-state index contributed by atoms with van der Waals surface area (Å²) >= 11 is 0. The zero-order valence-corrected chi connectivity index (χ0v) is 14.7. The van der Waals surface area contributed by atoms with Crippen molar-refractivity contribution in [3.05, 3.63) is 72.2 Å². The van der Waals surface area contributed by atoms with Crippen molar-refractivity contribution in [2.24, 2.45) is 0 Å². The summed E-state index contributed by atoms with van der Waals surface area (Å²) in [7, 11) is 0. The normalized spacial score (nSPS) is 15.1. The molecule has 0 bridgehead atoms. The highest BCUT2D eigenvalue weighted by atomic mass is 19.1. The summed E-state index contributed by atoms with van der Waals surface area (Å²) in [5.74, 6) is 0.371. The van der Waals surface area contributed by atoms with Crippen LogP contribution in [0.2, 0.25) is 0 Å². The molecule has 0 saturated carbocycles. The van der Waals surface area contributed by atoms with Gasteiger partial charge in [0.05, 0.1) is 0 Å². The number of carbonyl (C=O) groups is 1. The fraction of sp³-hybridized carbons (Fsp3) is 0.263. The molecule has 0 N–H and O–H groups in total. The Bertz CT molecular complexity index is 921. The van der Waals surface area contributed by atoms with E-state index in [9.17, 15) is 9.18 Å². The Kier molecular flexibility index (Phi) is 4.88. The van der Waals surface area contributed by atoms with Gasteiger partial charge >= 0.3 is 0 Å². The molecule has 1 aromatic carbocycles. The number of amides is 1. The summed E-state index contributed by atoms with van der Waals surface area (Å²) in [5, 5.41) is 7.52. The van der Waals surface area contributed by atoms with Gasteiger partial charge in [0.2, 0.25) is 0 Å². The predicted molar refractivity (Wildman–Crippen MR) is 96.7 cm³/mol. The Morgan fingerprint density at radius 1 is 1.04 bits per heavy atom. The van der Waals surface area contributed by atoms with E-state index in [0.717, 1.165) is 18.7 Å². The topological polar surface area (TPSA) is 67.2 Å². The summed E-state index contributed by atoms with van der Waals surface area (Å²) in [6, 6.07) is 10.1. The molecule has 4 rings (SSSR count). The number of rotatable bonds is 4. The third kappa shape index (κ3) is 4.01. The molecule has 3 heterocycles. The highest BCUT2D eigenvalue weighted by Gasteiger charge is 2.22. The smallest absolute Gasteiger partial charge is 0.254 e. The van der Waals surface area contributed by atoms with E-state index >= 15 is 0 Å². The lowest BCUT2D eigenvalue weighted by Gasteiger charge is -2.34. The van der Waals surface area contributed by atoms with E-state index in [1.165, 1.54) is 6.07 Å². The van der Waals surface area contributed by atoms with Crippen LogP contribution >= 0.6 is 0 Å². The second-order valence-corrected chi connectivity index (χ2v) is 6.47. The summed E-state index contributed by atoms with van der Waals surface area (Å²) < 4.78 is 15.0. The fourth-order valence-corrected chi connectivity index (χ4v) is 3.20. The van der Waals surface area contributed by atoms with Crippen molar-refractivity contribution in [3.8, 4) is 5.82 Å². The van der Waals surface area contributed by atoms with E-state index in [4.69, 9.17) is 0 Å². The molecule has 1 amide bonds. The van der Waals surface area contributed by atoms with Crippen LogP contribution in [0, 0.1) is 5.82 Å². The molecule has 0 aliphatic carbocycles. The average molecular weight is 366 g/mol. The van der Waals surface area contributed by atoms with Gasteiger partial charge in [-0.2, -0.15) is 0 Å². The minimum absolute atomic E-state index is 0.0165. The van der Waals surface area contributed by atoms with Crippen molar-refractivity contribution in [3.63, 3.8) is 0 Å². The number of pyridine rings is 1. The molecule has 1 aliphatic heterocycles. The number of carbonyl (C=O) groups excluding carboxylic acids is 1. The number of hydrogen-bond acceptors (Lipinski definition) is 5. The Hall–Kier alpha value is -3.13. The fourth-order valence-electron chi connectivity index (χ4n) is 3.20. The number of benzene rings is 1. The van der Waals surface area contributed by atoms with Gasteiger partial charge in [-0.3, -0.25) is 14.3 Å². The second-order valence-electron chi connectivity index (χ2n) is 6.47. The average Bonchev–Trinajstić information content (AvgIpc) is 3.23. The molecule has 0 spiro atoms. The zero-order chi connectivity index (χ0) is 18.6. The van der Waals surface area contributed by atoms with Gasteiger partial charge in [-0.1, -0.05) is 12.1 Å². The van der Waals surface area contributed by atoms with Crippen LogP contribution in [-0.4, -0.2) is 61.6 Å². The van der Waals surface area contributed by atoms with Gasteiger partial charge in [-0.25, -0.2) is 9.37 Å². The molecule has 138 valence electrons. The van der Waals surface area contributed by atoms with Crippen molar-refractivity contribution in [2.45, 2.75) is 6.54 Å². The first-order valence-corrected chi connectivity index (χ1v) is 8.76. The van der Waals surface area contributed by atoms with Crippen LogP contribution in [0.3, 0.4) is 0 Å². The molecule has 0 unspecified atom stereocenters. The maximum Gasteiger partial charge on any atom is 0.254 e. The summed E-state index contributed by atoms with van der Waals surface area (Å²) in [6.07, 6.45) is 4.70. The first-order valence-electron chi connectivity index (χ1n) is 8.76. The van der Waals surface area contributed by atoms with Crippen molar-refractivity contribution in [2.75, 3.05) is 26.2 Å². The Balaban J connectivity index is 1.38. The summed E-state index contributed by atoms with van der Waals surface area (Å²) in [4.78, 5) is 21.1. The molecule has 2 aromatic heterocycles. The number of piperazine rings is 1. The highest BCUT2D eigenvalue weighted by molar-refractivity contribution is 5.94. The summed E-state index contributed by atoms with van der Waals surface area (Å²) in [6.45, 7) is 3.47. The Morgan fingerprint density at radius 2 is 1.81 bits per heavy atom. The highest BCUT2D eigenvalue weighted by Crippen LogP contribution is 2.14. The molecule has 3 aromatic rings. The predicted octanol–water partition coefficient (Wildman–Crippen LogP) is 1.76. The van der Waals surface area contributed by atoms with Crippen molar-refractivity contribution < 1.29 is 9.18 Å². The Labute approximate surface area is 156 Å². The summed E-state index contributed by atoms with van der Waals surface area (Å²) in [5.41, 5.74) is 1.54. The van der Waals surface area contributed by atoms with Gasteiger partial charge in [0.25, 0.3) is 5.91 Å². The molecule has 1 fully saturated rings. The van der Waals surface area contributed by atoms with Gasteiger partial charge in [0, 0.05) is 44.5 Å². The third-order valence-corrected chi connectivity index (χ3v) is 4.63. The number of nitrogens with zero attached hydrogens (tertiary/aromatic N) is 6. The zero-order valence-electron chi connectivity index (χ0n) is 14.7. The van der Waals surface area contributed by atoms with E-state index in [2.05, 4.69) is 20.1 Å². The van der Waals surface area contributed by atoms with Gasteiger partial charge in [-0.15, -0.1) is 10.2 Å². The van der Waals surface area contributed by atoms with Crippen LogP contribution in [0.25, 0.3) is 5.82 Å². The minimum atomic E-state index is -0.220. The lowest BCUT2D eigenvalue weighted by atomic mass is 10.1. The number of aromatic nitrogens is 4. The lowest BCUT2D eigenvalue weighted by molar-refractivity contribution is 0.0628. The van der Waals surface area contributed by atoms with Gasteiger partial charge in [-0.05, 0) is 29.8 Å². The standard InChI is InChI=1S/C19H19FN6O/c20-17-3-1-2-15(10-17)12-24-6-8-25(9-7-24)19(27)16-4-5-21-18(11-16)26-13-22-23-14-26/h1-5,10-11,13-14H,6-9,12H2. The monoisotopic (exact) mass is 366 g/mol. The van der Waals surface area contributed by atoms with Crippen LogP contribution in [0.15, 0.2) is 55.2 Å². The van der Waals surface area contributed by atoms with E-state index in [1.807, 2.05) is 11.0 Å². The van der Waals surface area contributed by atoms with Crippen molar-refractivity contribution >= 4 is 5.91 Å². The SMILES string of the molecule is O=C(c1ccnc(-n2cnnc2)c1)N1CCN(Cc2cccc(F)c2)CC1. The third-order valence-electron chi connectivity index (χ3n) is 4.63. The molecular weight excluding hydrogens is 347 g/mol. The van der Waals surface area contributed by atoms with Gasteiger partial charge in [0.1, 0.15) is 24.3 Å². The maximum atomic E-state index is 13.3. The minimum Gasteiger partial charge on any atom is -0.336 e. The lowest BCUT2D eigenvalue weighted by Crippen LogP contribution is -2.48. The van der Waals surface area contributed by atoms with E-state index in [-0.39, 0.29) is 11.7 Å². The number of hydrogen-bond donors (Lipinski definition) is 0. The van der Waals surface area contributed by atoms with Crippen LogP contribution in [0.1, 0.15) is 15.9 Å². The quantitative estimate of drug-likeness (QED) is 0.704. The van der Waals surface area contributed by atoms with Gasteiger partial charge < -0.3 is 4.90 Å². The molecular formula is C19H19FN6O. The maximum absolute atomic E-state index is 13.3. The molecule has 27 heavy (non-hydrogen) atoms. The molecule has 7 nitrogen and oxygen atoms in total. The Morgan fingerprint density at radius 3 is 2.56 bits per heavy atom. The molecule has 0 radical (unpaired) electrons. The first-order chi connectivity index (χ1) is 13.2. The molecule has 1 aliphatic rings. The van der Waals surface area contributed by atoms with E-state index in [0.29, 0.717) is 31.0 Å². The van der Waals surface area contributed by atoms with Crippen LogP contribution in [0.5, 0.6) is 0 Å². The molecule has 1 saturated heterocycles. The van der Waals surface area contributed by atoms with E-state index in [1.54, 1.807) is 47.7 Å². The van der Waals surface area contributed by atoms with Gasteiger partial charge in [0.15, 0.2) is 0 Å². The largest absolute Gasteiger partial charge is 0.336 e. The molecule has 0 atom stereocenters. The van der Waals surface area contributed by atoms with Crippen molar-refractivity contribution in [1.82, 2.24) is 29.5 Å². The van der Waals surface area contributed by atoms with Crippen LogP contribution in [-0.2, 0) is 6.54 Å². The van der Waals surface area contributed by atoms with Crippen LogP contribution in [0.4, 0.5) is 4.39 Å². The first kappa shape index (κ1) is 17.3. The van der Waals surface area contributed by atoms with Crippen LogP contribution < -0.4 is 0 Å². The van der Waals surface area contributed by atoms with E-state index < -0.39 is 0 Å². The number of halogens is 1. The van der Waals surface area contributed by atoms with Crippen molar-refractivity contribution in [1.29, 1.82) is 0 Å². The molecule has 8 heteroatoms. The second kappa shape index (κ2) is 7.63.